The van der Waals surface area contributed by atoms with Crippen molar-refractivity contribution >= 4 is 27.7 Å². The van der Waals surface area contributed by atoms with Crippen molar-refractivity contribution in [1.82, 2.24) is 14.8 Å². The average Bonchev–Trinajstić information content (AvgIpc) is 3.40. The number of aromatic nitrogens is 3. The fourth-order valence-corrected chi connectivity index (χ4v) is 4.82. The molecular formula is C26H28BrF3N4O7. The topological polar surface area (TPSA) is 115 Å². The Morgan fingerprint density at radius 1 is 1.10 bits per heavy atom. The van der Waals surface area contributed by atoms with Gasteiger partial charge in [0.1, 0.15) is 30.4 Å². The summed E-state index contributed by atoms with van der Waals surface area (Å²) in [6.45, 7) is 4.05. The van der Waals surface area contributed by atoms with Crippen molar-refractivity contribution in [3.05, 3.63) is 53.3 Å². The smallest absolute Gasteiger partial charge is 0.416 e. The maximum absolute atomic E-state index is 12.8. The predicted octanol–water partition coefficient (Wildman–Crippen LogP) is 5.32. The van der Waals surface area contributed by atoms with Crippen LogP contribution in [0.1, 0.15) is 13.8 Å². The number of anilines is 1. The highest BCUT2D eigenvalue weighted by Gasteiger charge is 2.47. The van der Waals surface area contributed by atoms with Crippen LogP contribution in [0.2, 0.25) is 0 Å². The zero-order valence-electron chi connectivity index (χ0n) is 22.4. The summed E-state index contributed by atoms with van der Waals surface area (Å²) < 4.78 is 71.3. The Morgan fingerprint density at radius 2 is 1.80 bits per heavy atom. The molecule has 41 heavy (non-hydrogen) atoms. The first-order valence-corrected chi connectivity index (χ1v) is 13.2. The summed E-state index contributed by atoms with van der Waals surface area (Å²) >= 11 is 3.43. The van der Waals surface area contributed by atoms with Crippen LogP contribution in [0.5, 0.6) is 5.75 Å². The molecule has 0 spiro atoms. The second-order valence-electron chi connectivity index (χ2n) is 8.81. The molecule has 11 nitrogen and oxygen atoms in total. The third-order valence-corrected chi connectivity index (χ3v) is 6.80. The molecule has 0 unspecified atom stereocenters. The lowest BCUT2D eigenvalue weighted by Gasteiger charge is -2.43. The van der Waals surface area contributed by atoms with Crippen molar-refractivity contribution in [2.45, 2.75) is 50.9 Å². The van der Waals surface area contributed by atoms with E-state index in [9.17, 15) is 18.0 Å². The number of hydrogen-bond acceptors (Lipinski definition) is 9. The van der Waals surface area contributed by atoms with Crippen molar-refractivity contribution in [2.75, 3.05) is 26.1 Å². The first-order valence-electron chi connectivity index (χ1n) is 12.4. The van der Waals surface area contributed by atoms with E-state index in [0.29, 0.717) is 33.8 Å². The number of halogens is 4. The maximum Gasteiger partial charge on any atom is 0.573 e. The van der Waals surface area contributed by atoms with Gasteiger partial charge in [0.05, 0.1) is 17.5 Å². The van der Waals surface area contributed by atoms with Gasteiger partial charge < -0.3 is 28.4 Å². The largest absolute Gasteiger partial charge is 0.573 e. The van der Waals surface area contributed by atoms with Gasteiger partial charge in [-0.1, -0.05) is 0 Å². The first-order chi connectivity index (χ1) is 19.5. The fraction of sp³-hybridized carbons (Fsp3) is 0.423. The summed E-state index contributed by atoms with van der Waals surface area (Å²) in [4.78, 5) is 17.0. The monoisotopic (exact) mass is 644 g/mol. The van der Waals surface area contributed by atoms with Crippen molar-refractivity contribution in [2.24, 2.45) is 0 Å². The standard InChI is InChI=1S/C26H28BrF3N4O7/c1-5-38-21-20(36-3)14(2)39-24(22(21)37-4)40-25(35)32-19-11-6-15(12-18(19)27)23-31-13-34(33-23)16-7-9-17(10-8-16)41-26(28,29)30/h6-14,20-22,24H,5H2,1-4H3,(H,32,35)/t14-,20-,21+,22+,24-/m0/s1. The van der Waals surface area contributed by atoms with E-state index in [-0.39, 0.29) is 5.75 Å². The van der Waals surface area contributed by atoms with Crippen LogP contribution < -0.4 is 10.1 Å². The summed E-state index contributed by atoms with van der Waals surface area (Å²) in [7, 11) is 3.02. The van der Waals surface area contributed by atoms with Gasteiger partial charge in [-0.15, -0.1) is 18.3 Å². The van der Waals surface area contributed by atoms with Crippen molar-refractivity contribution < 1.29 is 46.4 Å². The lowest BCUT2D eigenvalue weighted by molar-refractivity contribution is -0.292. The number of rotatable bonds is 9. The molecule has 222 valence electrons. The summed E-state index contributed by atoms with van der Waals surface area (Å²) in [6.07, 6.45) is -7.24. The van der Waals surface area contributed by atoms with E-state index in [2.05, 4.69) is 36.1 Å². The third kappa shape index (κ3) is 7.54. The van der Waals surface area contributed by atoms with E-state index in [0.717, 1.165) is 0 Å². The maximum atomic E-state index is 12.8. The SMILES string of the molecule is CCO[C@@H]1[C@@H](OC)[C@H](C)O[C@@H](OC(=O)Nc2ccc(-c3ncn(-c4ccc(OC(F)(F)F)cc4)n3)cc2Br)[C@@H]1OC. The van der Waals surface area contributed by atoms with Gasteiger partial charge in [0.15, 0.2) is 5.82 Å². The molecule has 0 bridgehead atoms. The zero-order valence-corrected chi connectivity index (χ0v) is 24.0. The van der Waals surface area contributed by atoms with Crippen LogP contribution in [0.25, 0.3) is 17.1 Å². The predicted molar refractivity (Wildman–Crippen MR) is 143 cm³/mol. The molecule has 4 rings (SSSR count). The summed E-state index contributed by atoms with van der Waals surface area (Å²) in [5.74, 6) is 0.000329. The van der Waals surface area contributed by atoms with Gasteiger partial charge in [-0.2, -0.15) is 0 Å². The number of carbonyl (C=O) groups is 1. The minimum absolute atomic E-state index is 0.345. The van der Waals surface area contributed by atoms with Gasteiger partial charge in [-0.25, -0.2) is 14.5 Å². The van der Waals surface area contributed by atoms with E-state index in [1.807, 2.05) is 6.92 Å². The Kier molecular flexibility index (Phi) is 9.86. The van der Waals surface area contributed by atoms with Crippen molar-refractivity contribution in [3.63, 3.8) is 0 Å². The quantitative estimate of drug-likeness (QED) is 0.330. The van der Waals surface area contributed by atoms with Gasteiger partial charge in [0.25, 0.3) is 0 Å². The van der Waals surface area contributed by atoms with Gasteiger partial charge in [-0.05, 0) is 72.2 Å². The minimum atomic E-state index is -4.78. The van der Waals surface area contributed by atoms with E-state index in [1.54, 1.807) is 32.2 Å². The fourth-order valence-electron chi connectivity index (χ4n) is 4.34. The second-order valence-corrected chi connectivity index (χ2v) is 9.66. The highest BCUT2D eigenvalue weighted by atomic mass is 79.9. The van der Waals surface area contributed by atoms with Crippen LogP contribution in [-0.4, -0.2) is 78.8 Å². The molecule has 2 aromatic carbocycles. The highest BCUT2D eigenvalue weighted by Crippen LogP contribution is 2.31. The minimum Gasteiger partial charge on any atom is -0.416 e. The number of amides is 1. The normalized spacial score (nSPS) is 22.8. The van der Waals surface area contributed by atoms with Crippen molar-refractivity contribution in [1.29, 1.82) is 0 Å². The number of benzene rings is 2. The molecule has 1 amide bonds. The van der Waals surface area contributed by atoms with Gasteiger partial charge in [-0.3, -0.25) is 5.32 Å². The molecule has 3 aromatic rings. The molecule has 1 fully saturated rings. The van der Waals surface area contributed by atoms with Crippen LogP contribution in [0.3, 0.4) is 0 Å². The van der Waals surface area contributed by atoms with Gasteiger partial charge in [0.2, 0.25) is 6.29 Å². The molecule has 1 N–H and O–H groups in total. The highest BCUT2D eigenvalue weighted by molar-refractivity contribution is 9.10. The number of methoxy groups -OCH3 is 2. The molecule has 2 heterocycles. The second kappa shape index (κ2) is 13.2. The Bertz CT molecular complexity index is 1330. The lowest BCUT2D eigenvalue weighted by Crippen LogP contribution is -2.60. The van der Waals surface area contributed by atoms with E-state index in [4.69, 9.17) is 23.7 Å². The average molecular weight is 645 g/mol. The number of nitrogens with zero attached hydrogens (tertiary/aromatic N) is 3. The van der Waals surface area contributed by atoms with Gasteiger partial charge >= 0.3 is 12.5 Å². The molecule has 1 aliphatic rings. The molecule has 15 heteroatoms. The number of carbonyl (C=O) groups excluding carboxylic acids is 1. The molecule has 0 radical (unpaired) electrons. The van der Waals surface area contributed by atoms with Gasteiger partial charge in [0, 0.05) is 30.9 Å². The number of nitrogens with one attached hydrogen (secondary N) is 1. The summed E-state index contributed by atoms with van der Waals surface area (Å²) in [5, 5.41) is 7.05. The molecule has 1 aromatic heterocycles. The molecule has 0 aliphatic carbocycles. The van der Waals surface area contributed by atoms with Crippen LogP contribution in [0.15, 0.2) is 53.3 Å². The van der Waals surface area contributed by atoms with Crippen LogP contribution in [0, 0.1) is 0 Å². The number of ether oxygens (including phenoxy) is 6. The van der Waals surface area contributed by atoms with Crippen LogP contribution in [0.4, 0.5) is 23.7 Å². The van der Waals surface area contributed by atoms with E-state index < -0.39 is 43.2 Å². The first kappa shape index (κ1) is 30.7. The Labute approximate surface area is 242 Å². The summed E-state index contributed by atoms with van der Waals surface area (Å²) in [6, 6.07) is 10.2. The number of hydrogen-bond donors (Lipinski definition) is 1. The molecule has 1 saturated heterocycles. The molecular weight excluding hydrogens is 617 g/mol. The Morgan fingerprint density at radius 3 is 2.41 bits per heavy atom. The lowest BCUT2D eigenvalue weighted by atomic mass is 9.99. The van der Waals surface area contributed by atoms with Crippen LogP contribution in [-0.2, 0) is 23.7 Å². The third-order valence-electron chi connectivity index (χ3n) is 6.14. The Balaban J connectivity index is 1.41. The van der Waals surface area contributed by atoms with Crippen LogP contribution >= 0.6 is 15.9 Å². The Hall–Kier alpha value is -3.24. The van der Waals surface area contributed by atoms with Crippen molar-refractivity contribution in [3.8, 4) is 22.8 Å². The zero-order chi connectivity index (χ0) is 29.7. The summed E-state index contributed by atoms with van der Waals surface area (Å²) in [5.41, 5.74) is 1.50. The van der Waals surface area contributed by atoms with E-state index in [1.165, 1.54) is 42.4 Å². The molecule has 5 atom stereocenters. The number of alkyl halides is 3. The van der Waals surface area contributed by atoms with E-state index >= 15 is 0 Å². The molecule has 1 aliphatic heterocycles. The molecule has 0 saturated carbocycles.